The number of carbonyl (C=O) groups is 1. The van der Waals surface area contributed by atoms with Crippen LogP contribution in [0.25, 0.3) is 0 Å². The van der Waals surface area contributed by atoms with E-state index in [1.165, 1.54) is 17.3 Å². The number of aliphatic hydroxyl groups excluding tert-OH is 1. The van der Waals surface area contributed by atoms with Gasteiger partial charge in [-0.05, 0) is 19.4 Å². The summed E-state index contributed by atoms with van der Waals surface area (Å²) in [5.74, 6) is -0.879. The van der Waals surface area contributed by atoms with Gasteiger partial charge in [-0.2, -0.15) is 0 Å². The van der Waals surface area contributed by atoms with Crippen molar-refractivity contribution in [3.63, 3.8) is 0 Å². The summed E-state index contributed by atoms with van der Waals surface area (Å²) in [7, 11) is 0. The molecule has 21 heavy (non-hydrogen) atoms. The van der Waals surface area contributed by atoms with Crippen LogP contribution in [-0.2, 0) is 17.9 Å². The number of carboxylic acids is 1. The molecule has 1 aromatic heterocycles. The minimum atomic E-state index is -0.879. The fourth-order valence-electron chi connectivity index (χ4n) is 1.83. The second-order valence-electron chi connectivity index (χ2n) is 4.88. The molecule has 2 rings (SSSR count). The zero-order chi connectivity index (χ0) is 15.4. The number of nitrogens with zero attached hydrogens (tertiary/aromatic N) is 2. The van der Waals surface area contributed by atoms with Crippen LogP contribution in [0.2, 0.25) is 0 Å². The van der Waals surface area contributed by atoms with E-state index in [-0.39, 0.29) is 6.61 Å². The Kier molecular flexibility index (Phi) is 5.03. The van der Waals surface area contributed by atoms with E-state index in [0.29, 0.717) is 17.4 Å². The lowest BCUT2D eigenvalue weighted by atomic mass is 10.1. The van der Waals surface area contributed by atoms with E-state index in [2.05, 4.69) is 4.98 Å². The summed E-state index contributed by atoms with van der Waals surface area (Å²) in [6.45, 7) is 4.09. The van der Waals surface area contributed by atoms with Gasteiger partial charge in [-0.3, -0.25) is 4.79 Å². The molecule has 2 N–H and O–H groups in total. The minimum absolute atomic E-state index is 0.157. The topological polar surface area (TPSA) is 75.3 Å². The second kappa shape index (κ2) is 6.78. The Bertz CT molecular complexity index is 622. The van der Waals surface area contributed by atoms with E-state index in [4.69, 9.17) is 5.11 Å². The highest BCUT2D eigenvalue weighted by Crippen LogP contribution is 2.24. The number of aryl methyl sites for hydroxylation is 1. The Hall–Kier alpha value is -1.79. The number of benzene rings is 1. The van der Waals surface area contributed by atoms with Crippen LogP contribution < -0.4 is 0 Å². The molecule has 112 valence electrons. The number of hydrogen-bond acceptors (Lipinski definition) is 4. The van der Waals surface area contributed by atoms with Crippen molar-refractivity contribution < 1.29 is 15.0 Å². The van der Waals surface area contributed by atoms with Gasteiger partial charge in [0.05, 0.1) is 12.3 Å². The van der Waals surface area contributed by atoms with Gasteiger partial charge in [-0.1, -0.05) is 41.6 Å². The Labute approximate surface area is 127 Å². The molecule has 2 aromatic rings. The van der Waals surface area contributed by atoms with Crippen LogP contribution in [0.5, 0.6) is 0 Å². The van der Waals surface area contributed by atoms with Gasteiger partial charge >= 0.3 is 5.97 Å². The molecule has 0 fully saturated rings. The first-order valence-corrected chi connectivity index (χ1v) is 7.49. The van der Waals surface area contributed by atoms with Gasteiger partial charge in [0.1, 0.15) is 5.25 Å². The van der Waals surface area contributed by atoms with Gasteiger partial charge < -0.3 is 14.8 Å². The van der Waals surface area contributed by atoms with Crippen LogP contribution in [0.1, 0.15) is 23.7 Å². The summed E-state index contributed by atoms with van der Waals surface area (Å²) >= 11 is 1.18. The highest BCUT2D eigenvalue weighted by atomic mass is 32.2. The first-order chi connectivity index (χ1) is 9.99. The molecule has 0 amide bonds. The Morgan fingerprint density at radius 1 is 1.38 bits per heavy atom. The van der Waals surface area contributed by atoms with Crippen LogP contribution in [0.15, 0.2) is 35.6 Å². The molecule has 0 radical (unpaired) electrons. The lowest BCUT2D eigenvalue weighted by Crippen LogP contribution is -2.13. The number of rotatable bonds is 6. The summed E-state index contributed by atoms with van der Waals surface area (Å²) in [5.41, 5.74) is 2.84. The predicted octanol–water partition coefficient (Wildman–Crippen LogP) is 2.30. The van der Waals surface area contributed by atoms with Crippen molar-refractivity contribution in [3.8, 4) is 0 Å². The molecule has 6 heteroatoms. The van der Waals surface area contributed by atoms with Crippen LogP contribution in [0, 0.1) is 6.92 Å². The first-order valence-electron chi connectivity index (χ1n) is 6.61. The fraction of sp³-hybridized carbons (Fsp3) is 0.333. The third-order valence-corrected chi connectivity index (χ3v) is 4.15. The molecule has 1 heterocycles. The number of hydrogen-bond donors (Lipinski definition) is 2. The highest BCUT2D eigenvalue weighted by molar-refractivity contribution is 8.00. The molecule has 0 aliphatic heterocycles. The Morgan fingerprint density at radius 2 is 2.05 bits per heavy atom. The normalized spacial score (nSPS) is 12.3. The van der Waals surface area contributed by atoms with Crippen molar-refractivity contribution >= 4 is 17.7 Å². The van der Waals surface area contributed by atoms with Crippen molar-refractivity contribution in [2.75, 3.05) is 0 Å². The van der Waals surface area contributed by atoms with Crippen LogP contribution >= 0.6 is 11.8 Å². The molecule has 0 bridgehead atoms. The van der Waals surface area contributed by atoms with E-state index in [1.54, 1.807) is 13.1 Å². The zero-order valence-corrected chi connectivity index (χ0v) is 12.8. The number of aliphatic carboxylic acids is 1. The van der Waals surface area contributed by atoms with E-state index in [0.717, 1.165) is 5.56 Å². The second-order valence-corrected chi connectivity index (χ2v) is 6.19. The predicted molar refractivity (Wildman–Crippen MR) is 81.4 cm³/mol. The molecule has 0 aliphatic carbocycles. The molecular weight excluding hydrogens is 288 g/mol. The molecule has 0 spiro atoms. The molecule has 1 atom stereocenters. The third kappa shape index (κ3) is 4.09. The van der Waals surface area contributed by atoms with Gasteiger partial charge in [-0.25, -0.2) is 4.98 Å². The third-order valence-electron chi connectivity index (χ3n) is 3.06. The van der Waals surface area contributed by atoms with E-state index >= 15 is 0 Å². The Balaban J connectivity index is 2.22. The van der Waals surface area contributed by atoms with Gasteiger partial charge in [-0.15, -0.1) is 0 Å². The summed E-state index contributed by atoms with van der Waals surface area (Å²) in [6.07, 6.45) is 1.76. The monoisotopic (exact) mass is 306 g/mol. The number of imidazole rings is 1. The average molecular weight is 306 g/mol. The lowest BCUT2D eigenvalue weighted by molar-refractivity contribution is -0.136. The first kappa shape index (κ1) is 15.6. The lowest BCUT2D eigenvalue weighted by Gasteiger charge is -2.09. The summed E-state index contributed by atoms with van der Waals surface area (Å²) in [6, 6.07) is 8.13. The SMILES string of the molecule is Cc1ccc(Cn2cc(CO)nc2SC(C)C(=O)O)cc1. The van der Waals surface area contributed by atoms with Crippen molar-refractivity contribution in [3.05, 3.63) is 47.3 Å². The molecular formula is C15H18N2O3S. The van der Waals surface area contributed by atoms with Gasteiger partial charge in [0.15, 0.2) is 5.16 Å². The maximum Gasteiger partial charge on any atom is 0.316 e. The van der Waals surface area contributed by atoms with Crippen LogP contribution in [0.4, 0.5) is 0 Å². The quantitative estimate of drug-likeness (QED) is 0.801. The summed E-state index contributed by atoms with van der Waals surface area (Å²) in [4.78, 5) is 15.3. The largest absolute Gasteiger partial charge is 0.480 e. The van der Waals surface area contributed by atoms with Crippen LogP contribution in [0.3, 0.4) is 0 Å². The van der Waals surface area contributed by atoms with Gasteiger partial charge in [0.25, 0.3) is 0 Å². The Morgan fingerprint density at radius 3 is 2.62 bits per heavy atom. The molecule has 1 aromatic carbocycles. The number of carboxylic acid groups (broad SMARTS) is 1. The van der Waals surface area contributed by atoms with Crippen molar-refractivity contribution in [1.29, 1.82) is 0 Å². The molecule has 0 aliphatic rings. The molecule has 0 saturated heterocycles. The molecule has 0 saturated carbocycles. The van der Waals surface area contributed by atoms with Gasteiger partial charge in [0, 0.05) is 12.7 Å². The number of thioether (sulfide) groups is 1. The minimum Gasteiger partial charge on any atom is -0.480 e. The maximum atomic E-state index is 11.0. The summed E-state index contributed by atoms with van der Waals surface area (Å²) in [5, 5.41) is 18.2. The number of aromatic nitrogens is 2. The average Bonchev–Trinajstić information content (AvgIpc) is 2.83. The standard InChI is InChI=1S/C15H18N2O3S/c1-10-3-5-12(6-4-10)7-17-8-13(9-18)16-15(17)21-11(2)14(19)20/h3-6,8,11,18H,7,9H2,1-2H3,(H,19,20). The zero-order valence-electron chi connectivity index (χ0n) is 12.0. The van der Waals surface area contributed by atoms with E-state index < -0.39 is 11.2 Å². The molecule has 5 nitrogen and oxygen atoms in total. The highest BCUT2D eigenvalue weighted by Gasteiger charge is 2.17. The molecule has 1 unspecified atom stereocenters. The van der Waals surface area contributed by atoms with E-state index in [9.17, 15) is 9.90 Å². The smallest absolute Gasteiger partial charge is 0.316 e. The fourth-order valence-corrected chi connectivity index (χ4v) is 2.67. The van der Waals surface area contributed by atoms with E-state index in [1.807, 2.05) is 35.8 Å². The van der Waals surface area contributed by atoms with Crippen LogP contribution in [-0.4, -0.2) is 31.0 Å². The van der Waals surface area contributed by atoms with Gasteiger partial charge in [0.2, 0.25) is 0 Å². The van der Waals surface area contributed by atoms with Crippen molar-refractivity contribution in [2.24, 2.45) is 0 Å². The maximum absolute atomic E-state index is 11.0. The summed E-state index contributed by atoms with van der Waals surface area (Å²) < 4.78 is 1.88. The van der Waals surface area contributed by atoms with Crippen molar-refractivity contribution in [2.45, 2.75) is 37.4 Å². The number of aliphatic hydroxyl groups is 1. The van der Waals surface area contributed by atoms with Crippen molar-refractivity contribution in [1.82, 2.24) is 9.55 Å².